The van der Waals surface area contributed by atoms with Crippen molar-refractivity contribution in [2.75, 3.05) is 6.61 Å². The van der Waals surface area contributed by atoms with Crippen molar-refractivity contribution in [1.29, 1.82) is 0 Å². The number of aromatic nitrogens is 2. The van der Waals surface area contributed by atoms with Crippen LogP contribution in [0, 0.1) is 0 Å². The Morgan fingerprint density at radius 2 is 1.66 bits per heavy atom. The van der Waals surface area contributed by atoms with Crippen LogP contribution < -0.4 is 10.6 Å². The van der Waals surface area contributed by atoms with Crippen LogP contribution in [0.25, 0.3) is 11.1 Å². The van der Waals surface area contributed by atoms with E-state index in [1.165, 1.54) is 10.9 Å². The fourth-order valence-corrected chi connectivity index (χ4v) is 4.49. The molecule has 9 nitrogen and oxygen atoms in total. The van der Waals surface area contributed by atoms with Crippen molar-refractivity contribution in [3.8, 4) is 11.1 Å². The first kappa shape index (κ1) is 24.0. The second kappa shape index (κ2) is 10.4. The van der Waals surface area contributed by atoms with E-state index in [1.54, 1.807) is 20.0 Å². The third-order valence-corrected chi connectivity index (χ3v) is 6.28. The Kier molecular flexibility index (Phi) is 7.14. The Labute approximate surface area is 203 Å². The molecule has 4 rings (SSSR count). The van der Waals surface area contributed by atoms with E-state index < -0.39 is 30.1 Å². The number of alkyl carbamates (subject to hydrolysis) is 1. The lowest BCUT2D eigenvalue weighted by Crippen LogP contribution is -2.45. The van der Waals surface area contributed by atoms with E-state index in [0.29, 0.717) is 12.1 Å². The van der Waals surface area contributed by atoms with Crippen molar-refractivity contribution in [3.63, 3.8) is 0 Å². The van der Waals surface area contributed by atoms with Gasteiger partial charge in [0.2, 0.25) is 5.91 Å². The lowest BCUT2D eigenvalue weighted by atomic mass is 9.98. The summed E-state index contributed by atoms with van der Waals surface area (Å²) in [6, 6.07) is 16.0. The van der Waals surface area contributed by atoms with Gasteiger partial charge < -0.3 is 20.5 Å². The van der Waals surface area contributed by atoms with Gasteiger partial charge in [0.25, 0.3) is 0 Å². The Morgan fingerprint density at radius 3 is 2.20 bits per heavy atom. The third kappa shape index (κ3) is 5.18. The van der Waals surface area contributed by atoms with Crippen molar-refractivity contribution < 1.29 is 24.2 Å². The van der Waals surface area contributed by atoms with E-state index in [1.807, 2.05) is 36.4 Å². The number of carboxylic acids is 1. The average Bonchev–Trinajstić information content (AvgIpc) is 3.41. The molecule has 3 aromatic rings. The number of benzene rings is 2. The van der Waals surface area contributed by atoms with E-state index in [2.05, 4.69) is 27.9 Å². The van der Waals surface area contributed by atoms with Crippen LogP contribution in [-0.4, -0.2) is 45.5 Å². The number of rotatable bonds is 9. The molecule has 2 aromatic carbocycles. The van der Waals surface area contributed by atoms with E-state index in [9.17, 15) is 14.4 Å². The second-order valence-electron chi connectivity index (χ2n) is 8.49. The number of carbonyl (C=O) groups is 3. The number of fused-ring (bicyclic) bond motifs is 3. The quantitative estimate of drug-likeness (QED) is 0.435. The van der Waals surface area contributed by atoms with Crippen molar-refractivity contribution in [3.05, 3.63) is 77.6 Å². The van der Waals surface area contributed by atoms with Gasteiger partial charge in [-0.15, -0.1) is 0 Å². The molecule has 2 amide bonds. The van der Waals surface area contributed by atoms with Crippen LogP contribution >= 0.6 is 0 Å². The summed E-state index contributed by atoms with van der Waals surface area (Å²) in [5.41, 5.74) is 4.85. The molecular weight excluding hydrogens is 448 g/mol. The standard InChI is InChI=1S/C26H28N4O5/c1-3-16(14-23(31)32)28-25(33)24(22-12-13-27-30(22)2)29-26(34)35-15-21-19-10-6-4-8-17(19)18-9-5-7-11-20(18)21/h4-13,16,21,24H,3,14-15H2,1-2H3,(H,28,33)(H,29,34)(H,31,32). The predicted molar refractivity (Wildman–Crippen MR) is 129 cm³/mol. The zero-order valence-electron chi connectivity index (χ0n) is 19.6. The number of nitrogens with zero attached hydrogens (tertiary/aromatic N) is 2. The Bertz CT molecular complexity index is 1190. The molecule has 2 unspecified atom stereocenters. The number of nitrogens with one attached hydrogen (secondary N) is 2. The molecular formula is C26H28N4O5. The Morgan fingerprint density at radius 1 is 1.03 bits per heavy atom. The van der Waals surface area contributed by atoms with Crippen LogP contribution in [0.3, 0.4) is 0 Å². The molecule has 0 saturated heterocycles. The summed E-state index contributed by atoms with van der Waals surface area (Å²) in [4.78, 5) is 37.0. The molecule has 0 aliphatic heterocycles. The van der Waals surface area contributed by atoms with Gasteiger partial charge in [-0.3, -0.25) is 14.3 Å². The molecule has 9 heteroatoms. The highest BCUT2D eigenvalue weighted by Crippen LogP contribution is 2.44. The number of aryl methyl sites for hydroxylation is 1. The Balaban J connectivity index is 1.48. The van der Waals surface area contributed by atoms with Crippen LogP contribution in [-0.2, 0) is 21.4 Å². The molecule has 1 aliphatic carbocycles. The topological polar surface area (TPSA) is 123 Å². The molecule has 35 heavy (non-hydrogen) atoms. The van der Waals surface area contributed by atoms with Gasteiger partial charge >= 0.3 is 12.1 Å². The molecule has 3 N–H and O–H groups in total. The van der Waals surface area contributed by atoms with Gasteiger partial charge in [-0.2, -0.15) is 5.10 Å². The number of amides is 2. The van der Waals surface area contributed by atoms with Crippen molar-refractivity contribution in [2.45, 2.75) is 37.8 Å². The third-order valence-electron chi connectivity index (χ3n) is 6.28. The van der Waals surface area contributed by atoms with Gasteiger partial charge in [-0.05, 0) is 34.7 Å². The minimum atomic E-state index is -1.10. The van der Waals surface area contributed by atoms with Crippen molar-refractivity contribution >= 4 is 18.0 Å². The summed E-state index contributed by atoms with van der Waals surface area (Å²) in [6.07, 6.45) is 0.982. The molecule has 0 fully saturated rings. The maximum atomic E-state index is 13.1. The molecule has 182 valence electrons. The lowest BCUT2D eigenvalue weighted by molar-refractivity contribution is -0.137. The zero-order valence-corrected chi connectivity index (χ0v) is 19.6. The number of hydrogen-bond acceptors (Lipinski definition) is 5. The predicted octanol–water partition coefficient (Wildman–Crippen LogP) is 3.37. The molecule has 2 atom stereocenters. The molecule has 0 spiro atoms. The van der Waals surface area contributed by atoms with Crippen LogP contribution in [0.1, 0.15) is 48.5 Å². The summed E-state index contributed by atoms with van der Waals surface area (Å²) in [7, 11) is 1.66. The Hall–Kier alpha value is -4.14. The first-order chi connectivity index (χ1) is 16.9. The van der Waals surface area contributed by atoms with E-state index in [4.69, 9.17) is 9.84 Å². The van der Waals surface area contributed by atoms with Gasteiger partial charge in [0.05, 0.1) is 12.1 Å². The molecule has 0 saturated carbocycles. The number of ether oxygens (including phenoxy) is 1. The molecule has 0 radical (unpaired) electrons. The minimum absolute atomic E-state index is 0.107. The van der Waals surface area contributed by atoms with Gasteiger partial charge in [-0.25, -0.2) is 4.79 Å². The largest absolute Gasteiger partial charge is 0.481 e. The maximum absolute atomic E-state index is 13.1. The summed E-state index contributed by atoms with van der Waals surface area (Å²) in [6.45, 7) is 1.89. The smallest absolute Gasteiger partial charge is 0.408 e. The normalized spacial score (nSPS) is 13.9. The first-order valence-electron chi connectivity index (χ1n) is 11.5. The fraction of sp³-hybridized carbons (Fsp3) is 0.308. The van der Waals surface area contributed by atoms with E-state index in [-0.39, 0.29) is 18.9 Å². The average molecular weight is 477 g/mol. The lowest BCUT2D eigenvalue weighted by Gasteiger charge is -2.22. The second-order valence-corrected chi connectivity index (χ2v) is 8.49. The molecule has 1 heterocycles. The van der Waals surface area contributed by atoms with Gasteiger partial charge in [-0.1, -0.05) is 55.5 Å². The highest BCUT2D eigenvalue weighted by molar-refractivity contribution is 5.87. The SMILES string of the molecule is CCC(CC(=O)O)NC(=O)C(NC(=O)OCC1c2ccccc2-c2ccccc21)c1ccnn1C. The summed E-state index contributed by atoms with van der Waals surface area (Å²) in [5.74, 6) is -1.66. The first-order valence-corrected chi connectivity index (χ1v) is 11.5. The summed E-state index contributed by atoms with van der Waals surface area (Å²) >= 11 is 0. The molecule has 1 aromatic heterocycles. The van der Waals surface area contributed by atoms with Crippen LogP contribution in [0.15, 0.2) is 60.8 Å². The molecule has 0 bridgehead atoms. The van der Waals surface area contributed by atoms with Gasteiger partial charge in [0, 0.05) is 25.2 Å². The minimum Gasteiger partial charge on any atom is -0.481 e. The molecule has 1 aliphatic rings. The highest BCUT2D eigenvalue weighted by atomic mass is 16.5. The van der Waals surface area contributed by atoms with E-state index in [0.717, 1.165) is 22.3 Å². The van der Waals surface area contributed by atoms with Gasteiger partial charge in [0.15, 0.2) is 6.04 Å². The zero-order chi connectivity index (χ0) is 24.9. The number of hydrogen-bond donors (Lipinski definition) is 3. The number of carbonyl (C=O) groups excluding carboxylic acids is 2. The monoisotopic (exact) mass is 476 g/mol. The van der Waals surface area contributed by atoms with Gasteiger partial charge in [0.1, 0.15) is 6.61 Å². The highest BCUT2D eigenvalue weighted by Gasteiger charge is 2.31. The fourth-order valence-electron chi connectivity index (χ4n) is 4.49. The number of carboxylic acid groups (broad SMARTS) is 1. The van der Waals surface area contributed by atoms with Crippen LogP contribution in [0.4, 0.5) is 4.79 Å². The summed E-state index contributed by atoms with van der Waals surface area (Å²) in [5, 5.41) is 18.5. The van der Waals surface area contributed by atoms with E-state index >= 15 is 0 Å². The summed E-state index contributed by atoms with van der Waals surface area (Å²) < 4.78 is 7.08. The maximum Gasteiger partial charge on any atom is 0.408 e. The van der Waals surface area contributed by atoms with Crippen molar-refractivity contribution in [2.24, 2.45) is 7.05 Å². The van der Waals surface area contributed by atoms with Crippen LogP contribution in [0.5, 0.6) is 0 Å². The van der Waals surface area contributed by atoms with Crippen LogP contribution in [0.2, 0.25) is 0 Å². The van der Waals surface area contributed by atoms with Crippen molar-refractivity contribution in [1.82, 2.24) is 20.4 Å². The number of aliphatic carboxylic acids is 1.